The number of nitrogens with zero attached hydrogens (tertiary/aromatic N) is 1. The quantitative estimate of drug-likeness (QED) is 0.671. The van der Waals surface area contributed by atoms with Crippen molar-refractivity contribution in [2.24, 2.45) is 0 Å². The summed E-state index contributed by atoms with van der Waals surface area (Å²) in [6.07, 6.45) is 1.54. The molecule has 21 heavy (non-hydrogen) atoms. The largest absolute Gasteiger partial charge is 0.507 e. The number of hydrogen-bond acceptors (Lipinski definition) is 3. The van der Waals surface area contributed by atoms with Crippen molar-refractivity contribution >= 4 is 11.6 Å². The smallest absolute Gasteiger partial charge is 0.137 e. The number of aromatic amines is 1. The first-order valence-electron chi connectivity index (χ1n) is 6.08. The first-order chi connectivity index (χ1) is 10.1. The molecule has 0 saturated heterocycles. The zero-order valence-corrected chi connectivity index (χ0v) is 11.4. The Bertz CT molecular complexity index is 817. The van der Waals surface area contributed by atoms with Crippen LogP contribution in [0, 0.1) is 5.82 Å². The van der Waals surface area contributed by atoms with E-state index < -0.39 is 5.82 Å². The number of benzene rings is 2. The van der Waals surface area contributed by atoms with Crippen molar-refractivity contribution < 1.29 is 14.6 Å². The number of phenols is 2. The topological polar surface area (TPSA) is 69.1 Å². The van der Waals surface area contributed by atoms with Gasteiger partial charge in [-0.05, 0) is 12.1 Å². The van der Waals surface area contributed by atoms with Gasteiger partial charge < -0.3 is 10.2 Å². The Kier molecular flexibility index (Phi) is 3.27. The Hall–Kier alpha value is -2.53. The van der Waals surface area contributed by atoms with Gasteiger partial charge in [0.2, 0.25) is 0 Å². The van der Waals surface area contributed by atoms with Crippen LogP contribution in [0.5, 0.6) is 11.5 Å². The summed E-state index contributed by atoms with van der Waals surface area (Å²) in [6.45, 7) is 0. The average molecular weight is 305 g/mol. The lowest BCUT2D eigenvalue weighted by molar-refractivity contribution is 0.452. The molecule has 3 rings (SSSR count). The van der Waals surface area contributed by atoms with Crippen molar-refractivity contribution in [1.82, 2.24) is 10.2 Å². The third-order valence-electron chi connectivity index (χ3n) is 3.12. The first-order valence-corrected chi connectivity index (χ1v) is 6.46. The predicted molar refractivity (Wildman–Crippen MR) is 77.8 cm³/mol. The van der Waals surface area contributed by atoms with Crippen LogP contribution >= 0.6 is 11.6 Å². The third kappa shape index (κ3) is 2.32. The molecule has 0 bridgehead atoms. The van der Waals surface area contributed by atoms with E-state index in [0.717, 1.165) is 6.07 Å². The van der Waals surface area contributed by atoms with Crippen LogP contribution in [0.15, 0.2) is 42.6 Å². The number of halogens is 2. The summed E-state index contributed by atoms with van der Waals surface area (Å²) in [6, 6.07) is 8.76. The number of rotatable bonds is 2. The molecule has 0 spiro atoms. The molecule has 1 heterocycles. The van der Waals surface area contributed by atoms with Gasteiger partial charge in [0, 0.05) is 29.0 Å². The fourth-order valence-corrected chi connectivity index (χ4v) is 2.28. The molecular weight excluding hydrogens is 295 g/mol. The molecule has 1 aromatic heterocycles. The van der Waals surface area contributed by atoms with Gasteiger partial charge in [0.1, 0.15) is 23.0 Å². The third-order valence-corrected chi connectivity index (χ3v) is 3.43. The van der Waals surface area contributed by atoms with Crippen LogP contribution < -0.4 is 0 Å². The Labute approximate surface area is 124 Å². The van der Waals surface area contributed by atoms with Gasteiger partial charge in [-0.1, -0.05) is 29.8 Å². The van der Waals surface area contributed by atoms with E-state index in [9.17, 15) is 14.6 Å². The highest BCUT2D eigenvalue weighted by Gasteiger charge is 2.18. The minimum atomic E-state index is -0.399. The van der Waals surface area contributed by atoms with Crippen molar-refractivity contribution in [2.75, 3.05) is 0 Å². The van der Waals surface area contributed by atoms with Gasteiger partial charge >= 0.3 is 0 Å². The van der Waals surface area contributed by atoms with Crippen LogP contribution in [-0.2, 0) is 0 Å². The molecule has 4 nitrogen and oxygen atoms in total. The van der Waals surface area contributed by atoms with Crippen molar-refractivity contribution in [3.63, 3.8) is 0 Å². The number of aromatic hydroxyl groups is 2. The lowest BCUT2D eigenvalue weighted by Gasteiger charge is -2.07. The second-order valence-corrected chi connectivity index (χ2v) is 4.86. The fraction of sp³-hybridized carbons (Fsp3) is 0. The maximum atomic E-state index is 13.9. The van der Waals surface area contributed by atoms with Crippen LogP contribution in [0.2, 0.25) is 5.02 Å². The fourth-order valence-electron chi connectivity index (χ4n) is 2.12. The molecule has 0 unspecified atom stereocenters. The molecule has 106 valence electrons. The maximum absolute atomic E-state index is 13.9. The monoisotopic (exact) mass is 304 g/mol. The van der Waals surface area contributed by atoms with Crippen molar-refractivity contribution in [1.29, 1.82) is 0 Å². The van der Waals surface area contributed by atoms with E-state index in [1.165, 1.54) is 18.3 Å². The molecule has 0 aliphatic carbocycles. The van der Waals surface area contributed by atoms with Gasteiger partial charge in [0.25, 0.3) is 0 Å². The van der Waals surface area contributed by atoms with E-state index in [0.29, 0.717) is 22.4 Å². The highest BCUT2D eigenvalue weighted by Crippen LogP contribution is 2.40. The van der Waals surface area contributed by atoms with E-state index in [-0.39, 0.29) is 16.5 Å². The van der Waals surface area contributed by atoms with Crippen LogP contribution in [0.3, 0.4) is 0 Å². The first kappa shape index (κ1) is 13.5. The average Bonchev–Trinajstić information content (AvgIpc) is 2.92. The predicted octanol–water partition coefficient (Wildman–Crippen LogP) is 3.95. The van der Waals surface area contributed by atoms with Gasteiger partial charge in [-0.3, -0.25) is 5.10 Å². The second-order valence-electron chi connectivity index (χ2n) is 4.45. The zero-order chi connectivity index (χ0) is 15.0. The van der Waals surface area contributed by atoms with E-state index in [4.69, 9.17) is 11.6 Å². The lowest BCUT2D eigenvalue weighted by atomic mass is 10.0. The normalized spacial score (nSPS) is 10.8. The maximum Gasteiger partial charge on any atom is 0.137 e. The molecule has 6 heteroatoms. The molecular formula is C15H10ClFN2O2. The Morgan fingerprint density at radius 2 is 1.76 bits per heavy atom. The molecule has 2 aromatic carbocycles. The second kappa shape index (κ2) is 5.10. The van der Waals surface area contributed by atoms with Gasteiger partial charge in [0.15, 0.2) is 0 Å². The van der Waals surface area contributed by atoms with Crippen LogP contribution in [-0.4, -0.2) is 20.4 Å². The number of phenolic OH excluding ortho intramolecular Hbond substituents is 2. The van der Waals surface area contributed by atoms with Crippen molar-refractivity contribution in [2.45, 2.75) is 0 Å². The van der Waals surface area contributed by atoms with Crippen molar-refractivity contribution in [3.05, 3.63) is 53.4 Å². The number of nitrogens with one attached hydrogen (secondary N) is 1. The minimum absolute atomic E-state index is 0.0743. The lowest BCUT2D eigenvalue weighted by Crippen LogP contribution is -1.87. The SMILES string of the molecule is Oc1cc(O)c(-c2n[nH]cc2-c2ccccc2F)cc1Cl. The van der Waals surface area contributed by atoms with Gasteiger partial charge in [-0.2, -0.15) is 5.10 Å². The molecule has 0 aliphatic rings. The summed E-state index contributed by atoms with van der Waals surface area (Å²) in [4.78, 5) is 0. The highest BCUT2D eigenvalue weighted by atomic mass is 35.5. The van der Waals surface area contributed by atoms with Crippen LogP contribution in [0.4, 0.5) is 4.39 Å². The molecule has 3 N–H and O–H groups in total. The highest BCUT2D eigenvalue weighted by molar-refractivity contribution is 6.32. The summed E-state index contributed by atoms with van der Waals surface area (Å²) in [5.74, 6) is -0.827. The molecule has 0 saturated carbocycles. The van der Waals surface area contributed by atoms with Crippen molar-refractivity contribution in [3.8, 4) is 33.9 Å². The summed E-state index contributed by atoms with van der Waals surface area (Å²) in [5.41, 5.74) is 1.49. The zero-order valence-electron chi connectivity index (χ0n) is 10.6. The summed E-state index contributed by atoms with van der Waals surface area (Å²) < 4.78 is 13.9. The van der Waals surface area contributed by atoms with Crippen LogP contribution in [0.25, 0.3) is 22.4 Å². The standard InChI is InChI=1S/C15H10ClFN2O2/c16-11-5-9(13(20)6-14(11)21)15-10(7-18-19-15)8-3-1-2-4-12(8)17/h1-7,20-21H,(H,18,19). The molecule has 0 atom stereocenters. The van der Waals surface area contributed by atoms with E-state index in [1.807, 2.05) is 0 Å². The molecule has 0 radical (unpaired) electrons. The minimum Gasteiger partial charge on any atom is -0.507 e. The Morgan fingerprint density at radius 3 is 2.52 bits per heavy atom. The molecule has 3 aromatic rings. The molecule has 0 amide bonds. The van der Waals surface area contributed by atoms with Crippen LogP contribution in [0.1, 0.15) is 0 Å². The van der Waals surface area contributed by atoms with E-state index in [1.54, 1.807) is 18.2 Å². The summed E-state index contributed by atoms with van der Waals surface area (Å²) in [7, 11) is 0. The molecule has 0 fully saturated rings. The van der Waals surface area contributed by atoms with E-state index >= 15 is 0 Å². The summed E-state index contributed by atoms with van der Waals surface area (Å²) in [5, 5.41) is 26.2. The van der Waals surface area contributed by atoms with E-state index in [2.05, 4.69) is 10.2 Å². The van der Waals surface area contributed by atoms with Gasteiger partial charge in [-0.25, -0.2) is 4.39 Å². The van der Waals surface area contributed by atoms with Gasteiger partial charge in [0.05, 0.1) is 5.02 Å². The number of aromatic nitrogens is 2. The molecule has 0 aliphatic heterocycles. The Balaban J connectivity index is 2.21. The summed E-state index contributed by atoms with van der Waals surface area (Å²) >= 11 is 5.86. The van der Waals surface area contributed by atoms with Gasteiger partial charge in [-0.15, -0.1) is 0 Å². The number of H-pyrrole nitrogens is 1. The Morgan fingerprint density at radius 1 is 1.00 bits per heavy atom. The number of hydrogen-bond donors (Lipinski definition) is 3.